The summed E-state index contributed by atoms with van der Waals surface area (Å²) in [6.07, 6.45) is 3.95. The fraction of sp³-hybridized carbons (Fsp3) is 0.667. The Morgan fingerprint density at radius 3 is 2.86 bits per heavy atom. The van der Waals surface area contributed by atoms with Crippen molar-refractivity contribution in [3.8, 4) is 5.75 Å². The molecule has 1 N–H and O–H groups in total. The van der Waals surface area contributed by atoms with Gasteiger partial charge in [0, 0.05) is 30.7 Å². The van der Waals surface area contributed by atoms with Crippen LogP contribution >= 0.6 is 0 Å². The average Bonchev–Trinajstić information content (AvgIpc) is 2.49. The Hall–Kier alpha value is -1.06. The first-order chi connectivity index (χ1) is 10.1. The number of benzene rings is 1. The maximum atomic E-state index is 10.2. The van der Waals surface area contributed by atoms with E-state index >= 15 is 0 Å². The van der Waals surface area contributed by atoms with Gasteiger partial charge in [0.2, 0.25) is 0 Å². The first-order valence-corrected chi connectivity index (χ1v) is 8.30. The Labute approximate surface area is 128 Å². The maximum absolute atomic E-state index is 10.2. The molecule has 0 bridgehead atoms. The first-order valence-electron chi connectivity index (χ1n) is 8.30. The molecule has 2 saturated heterocycles. The van der Waals surface area contributed by atoms with Gasteiger partial charge in [0.1, 0.15) is 5.75 Å². The molecule has 21 heavy (non-hydrogen) atoms. The molecule has 3 heteroatoms. The maximum Gasteiger partial charge on any atom is 0.120 e. The smallest absolute Gasteiger partial charge is 0.120 e. The second-order valence-electron chi connectivity index (χ2n) is 6.97. The Morgan fingerprint density at radius 2 is 2.05 bits per heavy atom. The highest BCUT2D eigenvalue weighted by atomic mass is 16.3. The van der Waals surface area contributed by atoms with Gasteiger partial charge in [-0.3, -0.25) is 4.90 Å². The van der Waals surface area contributed by atoms with Gasteiger partial charge in [0.15, 0.2) is 0 Å². The molecule has 0 radical (unpaired) electrons. The van der Waals surface area contributed by atoms with Crippen LogP contribution in [0.3, 0.4) is 0 Å². The summed E-state index contributed by atoms with van der Waals surface area (Å²) in [6, 6.07) is 7.03. The number of nitrogens with zero attached hydrogens (tertiary/aromatic N) is 2. The molecule has 3 unspecified atom stereocenters. The molecule has 116 valence electrons. The minimum atomic E-state index is 0.304. The number of aryl methyl sites for hydroxylation is 1. The van der Waals surface area contributed by atoms with E-state index in [9.17, 15) is 5.11 Å². The van der Waals surface area contributed by atoms with Crippen molar-refractivity contribution < 1.29 is 5.11 Å². The Morgan fingerprint density at radius 1 is 1.24 bits per heavy atom. The monoisotopic (exact) mass is 288 g/mol. The van der Waals surface area contributed by atoms with Gasteiger partial charge in [0.25, 0.3) is 0 Å². The van der Waals surface area contributed by atoms with Crippen molar-refractivity contribution in [1.82, 2.24) is 9.80 Å². The zero-order chi connectivity index (χ0) is 15.0. The highest BCUT2D eigenvalue weighted by Crippen LogP contribution is 2.35. The van der Waals surface area contributed by atoms with Crippen LogP contribution in [0.15, 0.2) is 18.2 Å². The van der Waals surface area contributed by atoms with E-state index in [2.05, 4.69) is 36.8 Å². The Balaban J connectivity index is 1.74. The van der Waals surface area contributed by atoms with E-state index in [4.69, 9.17) is 0 Å². The molecule has 2 fully saturated rings. The van der Waals surface area contributed by atoms with Crippen LogP contribution in [0.4, 0.5) is 0 Å². The molecule has 2 aliphatic rings. The van der Waals surface area contributed by atoms with Crippen LogP contribution in [0.2, 0.25) is 0 Å². The minimum absolute atomic E-state index is 0.304. The number of rotatable bonds is 2. The second kappa shape index (κ2) is 5.98. The molecular formula is C18H28N2O. The summed E-state index contributed by atoms with van der Waals surface area (Å²) in [7, 11) is 2.28. The molecule has 3 atom stereocenters. The third-order valence-corrected chi connectivity index (χ3v) is 5.56. The Bertz CT molecular complexity index is 502. The quantitative estimate of drug-likeness (QED) is 0.905. The molecule has 0 amide bonds. The fourth-order valence-electron chi connectivity index (χ4n) is 4.24. The third kappa shape index (κ3) is 2.95. The third-order valence-electron chi connectivity index (χ3n) is 5.56. The normalized spacial score (nSPS) is 29.1. The van der Waals surface area contributed by atoms with Crippen molar-refractivity contribution in [2.45, 2.75) is 45.2 Å². The number of likely N-dealkylation sites (tertiary alicyclic amines) is 2. The average molecular weight is 288 g/mol. The lowest BCUT2D eigenvalue weighted by Crippen LogP contribution is -2.53. The van der Waals surface area contributed by atoms with E-state index in [1.165, 1.54) is 37.9 Å². The summed E-state index contributed by atoms with van der Waals surface area (Å²) >= 11 is 0. The fourth-order valence-corrected chi connectivity index (χ4v) is 4.24. The standard InChI is InChI=1S/C18H28N2O/c1-13-6-7-18(21)16(11-13)14(2)20-10-8-17-15(12-20)5-4-9-19(17)3/h6-7,11,14-15,17,21H,4-5,8-10,12H2,1-3H3. The van der Waals surface area contributed by atoms with Crippen molar-refractivity contribution >= 4 is 0 Å². The van der Waals surface area contributed by atoms with Gasteiger partial charge in [-0.25, -0.2) is 0 Å². The largest absolute Gasteiger partial charge is 0.508 e. The highest BCUT2D eigenvalue weighted by molar-refractivity contribution is 5.37. The van der Waals surface area contributed by atoms with Crippen LogP contribution in [0.1, 0.15) is 43.4 Å². The van der Waals surface area contributed by atoms with Crippen molar-refractivity contribution in [3.63, 3.8) is 0 Å². The molecule has 0 aliphatic carbocycles. The van der Waals surface area contributed by atoms with E-state index in [0.29, 0.717) is 11.8 Å². The molecule has 3 rings (SSSR count). The summed E-state index contributed by atoms with van der Waals surface area (Å²) in [5.74, 6) is 1.24. The lowest BCUT2D eigenvalue weighted by Gasteiger charge is -2.47. The van der Waals surface area contributed by atoms with Crippen LogP contribution in [0, 0.1) is 12.8 Å². The van der Waals surface area contributed by atoms with E-state index in [1.54, 1.807) is 0 Å². The van der Waals surface area contributed by atoms with Gasteiger partial charge in [-0.2, -0.15) is 0 Å². The van der Waals surface area contributed by atoms with Crippen molar-refractivity contribution in [2.24, 2.45) is 5.92 Å². The second-order valence-corrected chi connectivity index (χ2v) is 6.97. The van der Waals surface area contributed by atoms with Gasteiger partial charge < -0.3 is 10.0 Å². The number of aromatic hydroxyl groups is 1. The van der Waals surface area contributed by atoms with Crippen LogP contribution in [0.5, 0.6) is 5.75 Å². The van der Waals surface area contributed by atoms with Crippen LogP contribution in [0.25, 0.3) is 0 Å². The van der Waals surface area contributed by atoms with Gasteiger partial charge in [-0.15, -0.1) is 0 Å². The molecule has 0 spiro atoms. The minimum Gasteiger partial charge on any atom is -0.508 e. The summed E-state index contributed by atoms with van der Waals surface area (Å²) in [5.41, 5.74) is 2.31. The molecule has 1 aromatic carbocycles. The molecule has 3 nitrogen and oxygen atoms in total. The van der Waals surface area contributed by atoms with E-state index in [1.807, 2.05) is 12.1 Å². The first kappa shape index (κ1) is 14.9. The zero-order valence-electron chi connectivity index (χ0n) is 13.5. The molecular weight excluding hydrogens is 260 g/mol. The van der Waals surface area contributed by atoms with Crippen LogP contribution in [-0.4, -0.2) is 47.6 Å². The number of hydrogen-bond donors (Lipinski definition) is 1. The van der Waals surface area contributed by atoms with Crippen molar-refractivity contribution in [3.05, 3.63) is 29.3 Å². The molecule has 1 aromatic rings. The van der Waals surface area contributed by atoms with E-state index in [0.717, 1.165) is 24.1 Å². The van der Waals surface area contributed by atoms with Gasteiger partial charge in [0.05, 0.1) is 0 Å². The van der Waals surface area contributed by atoms with Crippen LogP contribution < -0.4 is 0 Å². The number of phenols is 1. The highest BCUT2D eigenvalue weighted by Gasteiger charge is 2.36. The van der Waals surface area contributed by atoms with E-state index < -0.39 is 0 Å². The number of piperidine rings is 2. The lowest BCUT2D eigenvalue weighted by molar-refractivity contribution is 0.0225. The van der Waals surface area contributed by atoms with Gasteiger partial charge in [-0.1, -0.05) is 17.7 Å². The lowest BCUT2D eigenvalue weighted by atomic mass is 9.83. The van der Waals surface area contributed by atoms with Gasteiger partial charge >= 0.3 is 0 Å². The number of fused-ring (bicyclic) bond motifs is 1. The Kier molecular flexibility index (Phi) is 4.23. The summed E-state index contributed by atoms with van der Waals surface area (Å²) < 4.78 is 0. The topological polar surface area (TPSA) is 26.7 Å². The summed E-state index contributed by atoms with van der Waals surface area (Å²) in [4.78, 5) is 5.12. The number of hydrogen-bond acceptors (Lipinski definition) is 3. The predicted molar refractivity (Wildman–Crippen MR) is 86.6 cm³/mol. The molecule has 0 saturated carbocycles. The molecule has 2 aliphatic heterocycles. The number of phenolic OH excluding ortho intramolecular Hbond substituents is 1. The summed E-state index contributed by atoms with van der Waals surface area (Å²) in [6.45, 7) is 7.90. The van der Waals surface area contributed by atoms with Crippen molar-refractivity contribution in [1.29, 1.82) is 0 Å². The molecule has 2 heterocycles. The van der Waals surface area contributed by atoms with E-state index in [-0.39, 0.29) is 0 Å². The van der Waals surface area contributed by atoms with Crippen LogP contribution in [-0.2, 0) is 0 Å². The summed E-state index contributed by atoms with van der Waals surface area (Å²) in [5, 5.41) is 10.2. The zero-order valence-corrected chi connectivity index (χ0v) is 13.5. The molecule has 0 aromatic heterocycles. The van der Waals surface area contributed by atoms with Gasteiger partial charge in [-0.05, 0) is 58.7 Å². The predicted octanol–water partition coefficient (Wildman–Crippen LogP) is 3.18. The SMILES string of the molecule is Cc1ccc(O)c(C(C)N2CCC3C(CCCN3C)C2)c1. The van der Waals surface area contributed by atoms with Crippen molar-refractivity contribution in [2.75, 3.05) is 26.7 Å².